The second-order valence-corrected chi connectivity index (χ2v) is 6.72. The van der Waals surface area contributed by atoms with Crippen LogP contribution in [0.2, 0.25) is 0 Å². The SMILES string of the molecule is CCNC(=NCc1cccc(OCCOC)c1)NCC(C)(O)c1ccc(C)o1. The van der Waals surface area contributed by atoms with Crippen molar-refractivity contribution in [2.24, 2.45) is 4.99 Å². The normalized spacial score (nSPS) is 13.8. The Kier molecular flexibility index (Phi) is 8.35. The van der Waals surface area contributed by atoms with E-state index in [2.05, 4.69) is 15.6 Å². The first-order chi connectivity index (χ1) is 13.4. The zero-order valence-corrected chi connectivity index (χ0v) is 17.1. The number of nitrogens with zero attached hydrogens (tertiary/aromatic N) is 1. The number of rotatable bonds is 10. The van der Waals surface area contributed by atoms with Crippen LogP contribution in [0.1, 0.15) is 30.9 Å². The molecule has 1 aromatic heterocycles. The van der Waals surface area contributed by atoms with Gasteiger partial charge in [-0.15, -0.1) is 0 Å². The first-order valence-corrected chi connectivity index (χ1v) is 9.46. The molecule has 0 aliphatic rings. The Morgan fingerprint density at radius 3 is 2.71 bits per heavy atom. The van der Waals surface area contributed by atoms with Crippen molar-refractivity contribution in [3.8, 4) is 5.75 Å². The Hall–Kier alpha value is -2.51. The summed E-state index contributed by atoms with van der Waals surface area (Å²) in [5, 5.41) is 17.0. The summed E-state index contributed by atoms with van der Waals surface area (Å²) in [4.78, 5) is 4.60. The molecule has 7 heteroatoms. The van der Waals surface area contributed by atoms with E-state index in [9.17, 15) is 5.11 Å². The standard InChI is InChI=1S/C21H31N3O4/c1-5-22-20(24-15-21(3,25)19-10-9-16(2)28-19)23-14-17-7-6-8-18(13-17)27-12-11-26-4/h6-10,13,25H,5,11-12,14-15H2,1-4H3,(H2,22,23,24). The predicted octanol–water partition coefficient (Wildman–Crippen LogP) is 2.58. The quantitative estimate of drug-likeness (QED) is 0.329. The molecule has 1 heterocycles. The molecular weight excluding hydrogens is 358 g/mol. The van der Waals surface area contributed by atoms with Gasteiger partial charge in [0.2, 0.25) is 0 Å². The topological polar surface area (TPSA) is 88.3 Å². The largest absolute Gasteiger partial charge is 0.491 e. The maximum atomic E-state index is 10.7. The Bertz CT molecular complexity index is 756. The fourth-order valence-electron chi connectivity index (χ4n) is 2.56. The van der Waals surface area contributed by atoms with Crippen LogP contribution in [-0.2, 0) is 16.9 Å². The van der Waals surface area contributed by atoms with E-state index < -0.39 is 5.60 Å². The number of aliphatic imine (C=N–C) groups is 1. The van der Waals surface area contributed by atoms with Gasteiger partial charge in [-0.05, 0) is 50.6 Å². The van der Waals surface area contributed by atoms with Crippen LogP contribution < -0.4 is 15.4 Å². The lowest BCUT2D eigenvalue weighted by Crippen LogP contribution is -2.44. The van der Waals surface area contributed by atoms with Gasteiger partial charge >= 0.3 is 0 Å². The second-order valence-electron chi connectivity index (χ2n) is 6.72. The number of aliphatic hydroxyl groups is 1. The van der Waals surface area contributed by atoms with Crippen molar-refractivity contribution in [3.63, 3.8) is 0 Å². The van der Waals surface area contributed by atoms with Crippen LogP contribution in [0.3, 0.4) is 0 Å². The molecule has 1 unspecified atom stereocenters. The van der Waals surface area contributed by atoms with Crippen LogP contribution in [0.4, 0.5) is 0 Å². The van der Waals surface area contributed by atoms with Crippen molar-refractivity contribution in [2.75, 3.05) is 33.4 Å². The third kappa shape index (κ3) is 6.90. The maximum Gasteiger partial charge on any atom is 0.191 e. The van der Waals surface area contributed by atoms with E-state index in [1.54, 1.807) is 20.1 Å². The van der Waals surface area contributed by atoms with Crippen molar-refractivity contribution in [3.05, 3.63) is 53.5 Å². The second kappa shape index (κ2) is 10.7. The lowest BCUT2D eigenvalue weighted by Gasteiger charge is -2.22. The van der Waals surface area contributed by atoms with E-state index in [-0.39, 0.29) is 6.54 Å². The average Bonchev–Trinajstić information content (AvgIpc) is 3.12. The number of aryl methyl sites for hydroxylation is 1. The van der Waals surface area contributed by atoms with E-state index >= 15 is 0 Å². The van der Waals surface area contributed by atoms with Crippen LogP contribution in [0.5, 0.6) is 5.75 Å². The highest BCUT2D eigenvalue weighted by Gasteiger charge is 2.27. The van der Waals surface area contributed by atoms with Crippen LogP contribution in [-0.4, -0.2) is 44.5 Å². The van der Waals surface area contributed by atoms with Crippen LogP contribution in [0, 0.1) is 6.92 Å². The van der Waals surface area contributed by atoms with Crippen LogP contribution >= 0.6 is 0 Å². The molecule has 3 N–H and O–H groups in total. The van der Waals surface area contributed by atoms with Gasteiger partial charge < -0.3 is 29.6 Å². The van der Waals surface area contributed by atoms with Crippen molar-refractivity contribution in [1.29, 1.82) is 0 Å². The Balaban J connectivity index is 1.97. The number of hydrogen-bond donors (Lipinski definition) is 3. The fraction of sp³-hybridized carbons (Fsp3) is 0.476. The number of furan rings is 1. The van der Waals surface area contributed by atoms with Gasteiger partial charge in [0.05, 0.1) is 19.7 Å². The molecule has 28 heavy (non-hydrogen) atoms. The smallest absolute Gasteiger partial charge is 0.191 e. The van der Waals surface area contributed by atoms with Crippen LogP contribution in [0.15, 0.2) is 45.8 Å². The van der Waals surface area contributed by atoms with E-state index in [0.29, 0.717) is 38.0 Å². The summed E-state index contributed by atoms with van der Waals surface area (Å²) in [5.41, 5.74) is -0.111. The van der Waals surface area contributed by atoms with E-state index in [4.69, 9.17) is 13.9 Å². The molecule has 1 aromatic carbocycles. The predicted molar refractivity (Wildman–Crippen MR) is 110 cm³/mol. The molecule has 0 radical (unpaired) electrons. The van der Waals surface area contributed by atoms with E-state index in [0.717, 1.165) is 17.1 Å². The van der Waals surface area contributed by atoms with Gasteiger partial charge in [0.1, 0.15) is 29.5 Å². The van der Waals surface area contributed by atoms with Crippen LogP contribution in [0.25, 0.3) is 0 Å². The average molecular weight is 389 g/mol. The molecule has 154 valence electrons. The molecule has 0 bridgehead atoms. The molecule has 0 saturated heterocycles. The van der Waals surface area contributed by atoms with Gasteiger partial charge in [0.25, 0.3) is 0 Å². The van der Waals surface area contributed by atoms with E-state index in [1.165, 1.54) is 0 Å². The molecule has 2 rings (SSSR count). The highest BCUT2D eigenvalue weighted by Crippen LogP contribution is 2.22. The third-order valence-corrected chi connectivity index (χ3v) is 4.09. The number of ether oxygens (including phenoxy) is 2. The van der Waals surface area contributed by atoms with Gasteiger partial charge in [-0.1, -0.05) is 12.1 Å². The molecule has 1 atom stereocenters. The minimum Gasteiger partial charge on any atom is -0.491 e. The molecule has 0 aliphatic carbocycles. The van der Waals surface area contributed by atoms with Gasteiger partial charge in [-0.3, -0.25) is 0 Å². The number of guanidine groups is 1. The van der Waals surface area contributed by atoms with Crippen molar-refractivity contribution >= 4 is 5.96 Å². The summed E-state index contributed by atoms with van der Waals surface area (Å²) >= 11 is 0. The number of benzene rings is 1. The molecule has 0 aliphatic heterocycles. The summed E-state index contributed by atoms with van der Waals surface area (Å²) in [6.07, 6.45) is 0. The summed E-state index contributed by atoms with van der Waals surface area (Å²) in [6.45, 7) is 8.09. The molecule has 0 fully saturated rings. The Morgan fingerprint density at radius 1 is 1.21 bits per heavy atom. The van der Waals surface area contributed by atoms with Crippen molar-refractivity contribution in [1.82, 2.24) is 10.6 Å². The monoisotopic (exact) mass is 389 g/mol. The molecule has 0 saturated carbocycles. The molecule has 0 spiro atoms. The van der Waals surface area contributed by atoms with E-state index in [1.807, 2.05) is 44.2 Å². The highest BCUT2D eigenvalue weighted by molar-refractivity contribution is 5.79. The van der Waals surface area contributed by atoms with Crippen molar-refractivity contribution < 1.29 is 19.0 Å². The lowest BCUT2D eigenvalue weighted by atomic mass is 10.0. The van der Waals surface area contributed by atoms with Gasteiger partial charge in [-0.25, -0.2) is 4.99 Å². The van der Waals surface area contributed by atoms with Gasteiger partial charge in [-0.2, -0.15) is 0 Å². The minimum absolute atomic E-state index is 0.270. The Morgan fingerprint density at radius 2 is 2.04 bits per heavy atom. The molecule has 7 nitrogen and oxygen atoms in total. The number of hydrogen-bond acceptors (Lipinski definition) is 5. The summed E-state index contributed by atoms with van der Waals surface area (Å²) in [6, 6.07) is 11.4. The summed E-state index contributed by atoms with van der Waals surface area (Å²) < 4.78 is 16.2. The zero-order valence-electron chi connectivity index (χ0n) is 17.1. The van der Waals surface area contributed by atoms with Crippen molar-refractivity contribution in [2.45, 2.75) is 32.9 Å². The number of methoxy groups -OCH3 is 1. The summed E-state index contributed by atoms with van der Waals surface area (Å²) in [7, 11) is 1.65. The minimum atomic E-state index is -1.14. The third-order valence-electron chi connectivity index (χ3n) is 4.09. The zero-order chi connectivity index (χ0) is 20.4. The fourth-order valence-corrected chi connectivity index (χ4v) is 2.56. The lowest BCUT2D eigenvalue weighted by molar-refractivity contribution is 0.0378. The molecule has 0 amide bonds. The number of nitrogens with one attached hydrogen (secondary N) is 2. The Labute approximate surface area is 166 Å². The highest BCUT2D eigenvalue weighted by atomic mass is 16.5. The van der Waals surface area contributed by atoms with Gasteiger partial charge in [0.15, 0.2) is 5.96 Å². The first kappa shape index (κ1) is 21.8. The molecule has 2 aromatic rings. The maximum absolute atomic E-state index is 10.7. The molecular formula is C21H31N3O4. The van der Waals surface area contributed by atoms with Gasteiger partial charge in [0, 0.05) is 13.7 Å². The summed E-state index contributed by atoms with van der Waals surface area (Å²) in [5.74, 6) is 2.70. The first-order valence-electron chi connectivity index (χ1n) is 9.46.